The normalized spacial score (nSPS) is 18.7. The fourth-order valence-corrected chi connectivity index (χ4v) is 5.75. The van der Waals surface area contributed by atoms with Crippen LogP contribution in [0.2, 0.25) is 0 Å². The number of alkyl halides is 2. The van der Waals surface area contributed by atoms with Gasteiger partial charge in [0.2, 0.25) is 0 Å². The first-order chi connectivity index (χ1) is 19.5. The molecule has 3 amide bonds. The Labute approximate surface area is 238 Å². The molecule has 3 aromatic rings. The third-order valence-corrected chi connectivity index (χ3v) is 7.77. The van der Waals surface area contributed by atoms with Gasteiger partial charge in [-0.25, -0.2) is 23.4 Å². The summed E-state index contributed by atoms with van der Waals surface area (Å²) >= 11 is 0. The molecule has 2 aliphatic heterocycles. The van der Waals surface area contributed by atoms with Gasteiger partial charge >= 0.3 is 12.1 Å². The summed E-state index contributed by atoms with van der Waals surface area (Å²) in [7, 11) is 0. The largest absolute Gasteiger partial charge is 0.444 e. The zero-order chi connectivity index (χ0) is 29.3. The maximum absolute atomic E-state index is 14.3. The lowest BCUT2D eigenvalue weighted by atomic mass is 9.94. The van der Waals surface area contributed by atoms with Crippen LogP contribution < -0.4 is 4.90 Å². The molecule has 2 saturated heterocycles. The number of hydrogen-bond donors (Lipinski definition) is 0. The van der Waals surface area contributed by atoms with E-state index in [9.17, 15) is 18.4 Å². The number of ether oxygens (including phenoxy) is 1. The van der Waals surface area contributed by atoms with Crippen molar-refractivity contribution in [3.05, 3.63) is 53.5 Å². The van der Waals surface area contributed by atoms with Crippen molar-refractivity contribution in [2.75, 3.05) is 31.1 Å². The van der Waals surface area contributed by atoms with Gasteiger partial charge in [0.1, 0.15) is 22.9 Å². The van der Waals surface area contributed by atoms with Crippen molar-refractivity contribution >= 4 is 28.7 Å². The Hall–Kier alpha value is -3.76. The molecule has 220 valence electrons. The lowest BCUT2D eigenvalue weighted by Crippen LogP contribution is -2.56. The van der Waals surface area contributed by atoms with Gasteiger partial charge in [-0.05, 0) is 70.4 Å². The quantitative estimate of drug-likeness (QED) is 0.348. The van der Waals surface area contributed by atoms with E-state index >= 15 is 0 Å². The molecule has 9 nitrogen and oxygen atoms in total. The first-order valence-corrected chi connectivity index (χ1v) is 14.2. The summed E-state index contributed by atoms with van der Waals surface area (Å²) < 4.78 is 36.9. The molecule has 0 bridgehead atoms. The molecule has 1 aromatic carbocycles. The highest BCUT2D eigenvalue weighted by Crippen LogP contribution is 2.35. The summed E-state index contributed by atoms with van der Waals surface area (Å²) in [5.74, 6) is 0.902. The predicted octanol–water partition coefficient (Wildman–Crippen LogP) is 6.67. The lowest BCUT2D eigenvalue weighted by molar-refractivity contribution is 0.0197. The van der Waals surface area contributed by atoms with Crippen molar-refractivity contribution in [2.45, 2.75) is 77.4 Å². The van der Waals surface area contributed by atoms with Crippen molar-refractivity contribution in [3.8, 4) is 0 Å². The van der Waals surface area contributed by atoms with Crippen LogP contribution in [0.15, 0.2) is 41.1 Å². The van der Waals surface area contributed by atoms with Gasteiger partial charge in [-0.1, -0.05) is 23.4 Å². The Kier molecular flexibility index (Phi) is 8.15. The molecule has 0 saturated carbocycles. The van der Waals surface area contributed by atoms with Crippen LogP contribution in [0.1, 0.15) is 75.8 Å². The van der Waals surface area contributed by atoms with Crippen LogP contribution in [0, 0.1) is 6.92 Å². The van der Waals surface area contributed by atoms with Crippen LogP contribution in [0.3, 0.4) is 0 Å². The Morgan fingerprint density at radius 3 is 2.54 bits per heavy atom. The molecular formula is C30H37F2N5O4. The number of fused-ring (bicyclic) bond motifs is 1. The van der Waals surface area contributed by atoms with E-state index in [0.29, 0.717) is 57.0 Å². The highest BCUT2D eigenvalue weighted by atomic mass is 19.3. The average molecular weight is 570 g/mol. The van der Waals surface area contributed by atoms with Crippen LogP contribution >= 0.6 is 0 Å². The SMILES string of the molecule is Cc1cccc2ccnc(N(C(=O)N3CCC(c4cc(C(F)F)no4)CC3)[C@@H]3CCCN(C(=O)OC(C)(C)C)C3)c12. The van der Waals surface area contributed by atoms with E-state index in [0.717, 1.165) is 22.8 Å². The summed E-state index contributed by atoms with van der Waals surface area (Å²) in [6.07, 6.45) is 1.19. The summed E-state index contributed by atoms with van der Waals surface area (Å²) in [5, 5.41) is 5.37. The third kappa shape index (κ3) is 6.28. The maximum Gasteiger partial charge on any atom is 0.410 e. The van der Waals surface area contributed by atoms with Crippen molar-refractivity contribution in [2.24, 2.45) is 0 Å². The standard InChI is InChI=1S/C30H37F2N5O4/c1-19-7-5-8-21-10-13-33-27(25(19)21)37(22-9-6-14-36(18-22)29(39)40-30(2,3)4)28(38)35-15-11-20(12-16-35)24-17-23(26(31)32)34-41-24/h5,7-8,10,13,17,20,22,26H,6,9,11-12,14-16,18H2,1-4H3/t22-/m1/s1. The van der Waals surface area contributed by atoms with Crippen LogP contribution in [-0.4, -0.2) is 69.9 Å². The number of nitrogens with zero attached hydrogens (tertiary/aromatic N) is 5. The molecule has 0 radical (unpaired) electrons. The number of aromatic nitrogens is 2. The monoisotopic (exact) mass is 569 g/mol. The number of urea groups is 1. The Morgan fingerprint density at radius 1 is 1.10 bits per heavy atom. The molecule has 2 fully saturated rings. The molecule has 0 aliphatic carbocycles. The van der Waals surface area contributed by atoms with Crippen molar-refractivity contribution in [1.29, 1.82) is 0 Å². The second-order valence-electron chi connectivity index (χ2n) is 11.9. The van der Waals surface area contributed by atoms with Gasteiger partial charge in [0.05, 0.1) is 6.04 Å². The number of carbonyl (C=O) groups is 2. The van der Waals surface area contributed by atoms with Crippen LogP contribution in [0.5, 0.6) is 0 Å². The second kappa shape index (κ2) is 11.6. The number of aryl methyl sites for hydroxylation is 1. The Balaban J connectivity index is 1.42. The molecule has 4 heterocycles. The molecule has 5 rings (SSSR count). The first kappa shape index (κ1) is 28.8. The second-order valence-corrected chi connectivity index (χ2v) is 11.9. The van der Waals surface area contributed by atoms with Crippen molar-refractivity contribution < 1.29 is 27.6 Å². The Bertz CT molecular complexity index is 1390. The van der Waals surface area contributed by atoms with Gasteiger partial charge in [-0.2, -0.15) is 0 Å². The van der Waals surface area contributed by atoms with E-state index in [1.54, 1.807) is 20.9 Å². The minimum Gasteiger partial charge on any atom is -0.444 e. The topological polar surface area (TPSA) is 92.0 Å². The molecular weight excluding hydrogens is 532 g/mol. The fraction of sp³-hybridized carbons (Fsp3) is 0.533. The van der Waals surface area contributed by atoms with Crippen LogP contribution in [0.25, 0.3) is 10.8 Å². The van der Waals surface area contributed by atoms with Gasteiger partial charge in [-0.3, -0.25) is 4.90 Å². The minimum atomic E-state index is -2.69. The zero-order valence-corrected chi connectivity index (χ0v) is 24.0. The molecule has 0 N–H and O–H groups in total. The third-order valence-electron chi connectivity index (χ3n) is 7.77. The van der Waals surface area contributed by atoms with Gasteiger partial charge < -0.3 is 19.1 Å². The highest BCUT2D eigenvalue weighted by molar-refractivity contribution is 6.03. The van der Waals surface area contributed by atoms with Crippen LogP contribution in [0.4, 0.5) is 24.2 Å². The summed E-state index contributed by atoms with van der Waals surface area (Å²) in [5.41, 5.74) is 0.00796. The number of carbonyl (C=O) groups excluding carboxylic acids is 2. The van der Waals surface area contributed by atoms with Gasteiger partial charge in [0, 0.05) is 49.7 Å². The highest BCUT2D eigenvalue weighted by Gasteiger charge is 2.38. The minimum absolute atomic E-state index is 0.0947. The van der Waals surface area contributed by atoms with Crippen molar-refractivity contribution in [1.82, 2.24) is 19.9 Å². The van der Waals surface area contributed by atoms with E-state index in [1.165, 1.54) is 6.07 Å². The van der Waals surface area contributed by atoms with E-state index in [-0.39, 0.29) is 23.7 Å². The van der Waals surface area contributed by atoms with E-state index in [1.807, 2.05) is 52.0 Å². The number of amides is 3. The number of pyridine rings is 1. The summed E-state index contributed by atoms with van der Waals surface area (Å²) in [6.45, 7) is 9.24. The molecule has 2 aromatic heterocycles. The number of anilines is 1. The van der Waals surface area contributed by atoms with E-state index in [4.69, 9.17) is 14.2 Å². The zero-order valence-electron chi connectivity index (χ0n) is 24.0. The van der Waals surface area contributed by atoms with Gasteiger partial charge in [0.15, 0.2) is 0 Å². The van der Waals surface area contributed by atoms with E-state index in [2.05, 4.69) is 5.16 Å². The number of halogens is 2. The predicted molar refractivity (Wildman–Crippen MR) is 150 cm³/mol. The maximum atomic E-state index is 14.3. The fourth-order valence-electron chi connectivity index (χ4n) is 5.75. The number of benzene rings is 1. The molecule has 41 heavy (non-hydrogen) atoms. The number of hydrogen-bond acceptors (Lipinski definition) is 6. The smallest absolute Gasteiger partial charge is 0.410 e. The first-order valence-electron chi connectivity index (χ1n) is 14.2. The number of likely N-dealkylation sites (tertiary alicyclic amines) is 2. The average Bonchev–Trinajstić information content (AvgIpc) is 3.44. The summed E-state index contributed by atoms with van der Waals surface area (Å²) in [4.78, 5) is 37.3. The molecule has 2 aliphatic rings. The Morgan fingerprint density at radius 2 is 1.85 bits per heavy atom. The van der Waals surface area contributed by atoms with Gasteiger partial charge in [-0.15, -0.1) is 0 Å². The molecule has 0 unspecified atom stereocenters. The lowest BCUT2D eigenvalue weighted by Gasteiger charge is -2.42. The molecule has 1 atom stereocenters. The summed E-state index contributed by atoms with van der Waals surface area (Å²) in [6, 6.07) is 8.73. The number of piperidine rings is 2. The van der Waals surface area contributed by atoms with Gasteiger partial charge in [0.25, 0.3) is 6.43 Å². The number of rotatable bonds is 4. The van der Waals surface area contributed by atoms with Crippen LogP contribution in [-0.2, 0) is 4.74 Å². The van der Waals surface area contributed by atoms with E-state index < -0.39 is 18.1 Å². The molecule has 0 spiro atoms. The van der Waals surface area contributed by atoms with Crippen molar-refractivity contribution in [3.63, 3.8) is 0 Å². The molecule has 11 heteroatoms.